The molecule has 2 heterocycles. The average Bonchev–Trinajstić information content (AvgIpc) is 3.18. The first-order valence-electron chi connectivity index (χ1n) is 11.3. The number of nitrogens with one attached hydrogen (secondary N) is 2. The Bertz CT molecular complexity index is 1360. The topological polar surface area (TPSA) is 158 Å². The summed E-state index contributed by atoms with van der Waals surface area (Å²) >= 11 is 0. The second-order valence-corrected chi connectivity index (χ2v) is 9.74. The maximum absolute atomic E-state index is 13.1. The third-order valence-corrected chi connectivity index (χ3v) is 7.04. The molecule has 0 aliphatic heterocycles. The van der Waals surface area contributed by atoms with E-state index in [4.69, 9.17) is 4.74 Å². The van der Waals surface area contributed by atoms with Gasteiger partial charge in [0.15, 0.2) is 5.69 Å². The molecule has 36 heavy (non-hydrogen) atoms. The lowest BCUT2D eigenvalue weighted by molar-refractivity contribution is -0.385. The highest BCUT2D eigenvalue weighted by Gasteiger charge is 2.28. The van der Waals surface area contributed by atoms with Gasteiger partial charge < -0.3 is 10.1 Å². The van der Waals surface area contributed by atoms with E-state index in [9.17, 15) is 23.3 Å². The van der Waals surface area contributed by atoms with Crippen molar-refractivity contribution in [2.24, 2.45) is 0 Å². The quantitative estimate of drug-likeness (QED) is 0.290. The number of amides is 1. The summed E-state index contributed by atoms with van der Waals surface area (Å²) in [6.07, 6.45) is 3.78. The van der Waals surface area contributed by atoms with E-state index in [0.717, 1.165) is 17.7 Å². The van der Waals surface area contributed by atoms with Gasteiger partial charge in [-0.1, -0.05) is 13.0 Å². The zero-order valence-corrected chi connectivity index (χ0v) is 21.2. The van der Waals surface area contributed by atoms with Crippen LogP contribution in [-0.4, -0.2) is 40.1 Å². The lowest BCUT2D eigenvalue weighted by atomic mass is 10.2. The fourth-order valence-corrected chi connectivity index (χ4v) is 4.76. The Morgan fingerprint density at radius 1 is 1.28 bits per heavy atom. The first-order chi connectivity index (χ1) is 17.1. The van der Waals surface area contributed by atoms with Crippen LogP contribution in [-0.2, 0) is 23.1 Å². The molecule has 0 aliphatic carbocycles. The number of non-ortho nitro benzene ring substituents is 1. The molecule has 1 aromatic carbocycles. The summed E-state index contributed by atoms with van der Waals surface area (Å²) in [5, 5.41) is 18.4. The van der Waals surface area contributed by atoms with Crippen LogP contribution in [0.15, 0.2) is 47.6 Å². The Labute approximate surface area is 208 Å². The fourth-order valence-electron chi connectivity index (χ4n) is 3.28. The van der Waals surface area contributed by atoms with E-state index in [1.807, 2.05) is 13.0 Å². The Hall–Kier alpha value is -3.84. The number of nitrogens with zero attached hydrogens (tertiary/aromatic N) is 4. The van der Waals surface area contributed by atoms with Crippen molar-refractivity contribution in [1.29, 1.82) is 0 Å². The van der Waals surface area contributed by atoms with Crippen molar-refractivity contribution in [3.05, 3.63) is 69.7 Å². The van der Waals surface area contributed by atoms with Crippen LogP contribution in [0.4, 0.5) is 5.69 Å². The molecule has 0 saturated carbocycles. The number of sulfonamides is 1. The first-order valence-corrected chi connectivity index (χ1v) is 12.8. The Balaban J connectivity index is 1.97. The largest absolute Gasteiger partial charge is 0.438 e. The molecule has 1 amide bonds. The molecule has 0 radical (unpaired) electrons. The molecule has 12 nitrogen and oxygen atoms in total. The van der Waals surface area contributed by atoms with Crippen LogP contribution < -0.4 is 14.8 Å². The van der Waals surface area contributed by atoms with Crippen LogP contribution >= 0.6 is 0 Å². The van der Waals surface area contributed by atoms with Gasteiger partial charge in [-0.25, -0.2) is 17.8 Å². The van der Waals surface area contributed by atoms with Gasteiger partial charge in [-0.15, -0.1) is 0 Å². The number of nitro benzene ring substituents is 1. The Morgan fingerprint density at radius 3 is 2.64 bits per heavy atom. The highest BCUT2D eigenvalue weighted by Crippen LogP contribution is 2.34. The SMILES string of the molecule is CCC(C)NS(=O)(=O)c1cc([N+](=O)[O-])ccc1Oc1c(C)c(C(=O)NCc2cccnc2)nn1CC. The van der Waals surface area contributed by atoms with Gasteiger partial charge in [-0.3, -0.25) is 19.9 Å². The second-order valence-electron chi connectivity index (χ2n) is 8.06. The summed E-state index contributed by atoms with van der Waals surface area (Å²) in [7, 11) is -4.15. The third kappa shape index (κ3) is 6.04. The molecule has 3 aromatic rings. The number of hydrogen-bond donors (Lipinski definition) is 2. The number of carbonyl (C=O) groups excluding carboxylic acids is 1. The van der Waals surface area contributed by atoms with Crippen LogP contribution in [0, 0.1) is 17.0 Å². The van der Waals surface area contributed by atoms with Crippen LogP contribution in [0.25, 0.3) is 0 Å². The monoisotopic (exact) mass is 516 g/mol. The van der Waals surface area contributed by atoms with E-state index in [2.05, 4.69) is 20.1 Å². The summed E-state index contributed by atoms with van der Waals surface area (Å²) in [5.41, 5.74) is 0.907. The number of aryl methyl sites for hydroxylation is 1. The van der Waals surface area contributed by atoms with E-state index in [1.165, 1.54) is 10.7 Å². The van der Waals surface area contributed by atoms with E-state index in [1.54, 1.807) is 39.2 Å². The van der Waals surface area contributed by atoms with Crippen molar-refractivity contribution in [2.45, 2.75) is 58.1 Å². The van der Waals surface area contributed by atoms with E-state index >= 15 is 0 Å². The maximum atomic E-state index is 13.1. The number of nitro groups is 1. The molecule has 13 heteroatoms. The van der Waals surface area contributed by atoms with Crippen LogP contribution in [0.2, 0.25) is 0 Å². The smallest absolute Gasteiger partial charge is 0.272 e. The Morgan fingerprint density at radius 2 is 2.03 bits per heavy atom. The zero-order valence-electron chi connectivity index (χ0n) is 20.4. The van der Waals surface area contributed by atoms with Gasteiger partial charge in [0.05, 0.1) is 4.92 Å². The van der Waals surface area contributed by atoms with Gasteiger partial charge in [-0.2, -0.15) is 5.10 Å². The maximum Gasteiger partial charge on any atom is 0.272 e. The highest BCUT2D eigenvalue weighted by atomic mass is 32.2. The lowest BCUT2D eigenvalue weighted by Gasteiger charge is -2.16. The molecule has 1 unspecified atom stereocenters. The molecular weight excluding hydrogens is 488 g/mol. The summed E-state index contributed by atoms with van der Waals surface area (Å²) in [6, 6.07) is 6.50. The van der Waals surface area contributed by atoms with Gasteiger partial charge in [-0.05, 0) is 44.9 Å². The molecule has 0 spiro atoms. The van der Waals surface area contributed by atoms with Crippen LogP contribution in [0.3, 0.4) is 0 Å². The van der Waals surface area contributed by atoms with Crippen molar-refractivity contribution >= 4 is 21.6 Å². The molecule has 2 aromatic heterocycles. The molecule has 0 saturated heterocycles. The minimum Gasteiger partial charge on any atom is -0.438 e. The average molecular weight is 517 g/mol. The van der Waals surface area contributed by atoms with Crippen molar-refractivity contribution in [3.8, 4) is 11.6 Å². The number of pyridine rings is 1. The van der Waals surface area contributed by atoms with Gasteiger partial charge in [0.25, 0.3) is 11.6 Å². The number of aromatic nitrogens is 3. The summed E-state index contributed by atoms with van der Waals surface area (Å²) in [6.45, 7) is 7.48. The molecule has 192 valence electrons. The van der Waals surface area contributed by atoms with Gasteiger partial charge in [0, 0.05) is 49.2 Å². The van der Waals surface area contributed by atoms with Crippen molar-refractivity contribution in [2.75, 3.05) is 0 Å². The van der Waals surface area contributed by atoms with Crippen LogP contribution in [0.1, 0.15) is 48.8 Å². The lowest BCUT2D eigenvalue weighted by Crippen LogP contribution is -2.32. The summed E-state index contributed by atoms with van der Waals surface area (Å²) in [5.74, 6) is -0.419. The molecule has 0 fully saturated rings. The predicted molar refractivity (Wildman–Crippen MR) is 131 cm³/mol. The molecular formula is C23H28N6O6S. The van der Waals surface area contributed by atoms with E-state index in [0.29, 0.717) is 18.5 Å². The van der Waals surface area contributed by atoms with Gasteiger partial charge >= 0.3 is 0 Å². The second kappa shape index (κ2) is 11.3. The van der Waals surface area contributed by atoms with E-state index in [-0.39, 0.29) is 28.8 Å². The van der Waals surface area contributed by atoms with Gasteiger partial charge in [0.1, 0.15) is 10.6 Å². The number of carbonyl (C=O) groups is 1. The molecule has 2 N–H and O–H groups in total. The van der Waals surface area contributed by atoms with Crippen molar-refractivity contribution < 1.29 is 22.9 Å². The fraction of sp³-hybridized carbons (Fsp3) is 0.348. The van der Waals surface area contributed by atoms with E-state index < -0.39 is 32.6 Å². The summed E-state index contributed by atoms with van der Waals surface area (Å²) in [4.78, 5) is 27.1. The number of benzene rings is 1. The third-order valence-electron chi connectivity index (χ3n) is 5.42. The minimum absolute atomic E-state index is 0.111. The standard InChI is InChI=1S/C23H28N6O6S/c1-5-15(3)27-36(33,34)20-12-18(29(31)32)9-10-19(20)35-23-16(4)21(26-28(23)6-2)22(30)25-14-17-8-7-11-24-13-17/h7-13,15,27H,5-6,14H2,1-4H3,(H,25,30). The zero-order chi connectivity index (χ0) is 26.5. The predicted octanol–water partition coefficient (Wildman–Crippen LogP) is 3.31. The Kier molecular flexibility index (Phi) is 8.37. The highest BCUT2D eigenvalue weighted by molar-refractivity contribution is 7.89. The van der Waals surface area contributed by atoms with Crippen LogP contribution in [0.5, 0.6) is 11.6 Å². The van der Waals surface area contributed by atoms with Crippen molar-refractivity contribution in [3.63, 3.8) is 0 Å². The molecule has 1 atom stereocenters. The molecule has 0 bridgehead atoms. The first kappa shape index (κ1) is 26.8. The van der Waals surface area contributed by atoms with Gasteiger partial charge in [0.2, 0.25) is 15.9 Å². The number of ether oxygens (including phenoxy) is 1. The molecule has 0 aliphatic rings. The van der Waals surface area contributed by atoms with Crippen molar-refractivity contribution in [1.82, 2.24) is 24.8 Å². The minimum atomic E-state index is -4.15. The number of hydrogen-bond acceptors (Lipinski definition) is 8. The normalized spacial score (nSPS) is 12.2. The number of rotatable bonds is 11. The summed E-state index contributed by atoms with van der Waals surface area (Å²) < 4.78 is 36.0. The molecule has 3 rings (SSSR count).